The molecule has 0 saturated carbocycles. The first kappa shape index (κ1) is 12.2. The first-order valence-corrected chi connectivity index (χ1v) is 6.97. The molecule has 0 unspecified atom stereocenters. The molecule has 84 valence electrons. The highest BCUT2D eigenvalue weighted by molar-refractivity contribution is 9.13. The van der Waals surface area contributed by atoms with Crippen molar-refractivity contribution in [1.29, 1.82) is 0 Å². The van der Waals surface area contributed by atoms with Crippen molar-refractivity contribution in [3.63, 3.8) is 0 Å². The summed E-state index contributed by atoms with van der Waals surface area (Å²) in [6, 6.07) is 9.91. The Balaban J connectivity index is 2.05. The Morgan fingerprint density at radius 3 is 2.44 bits per heavy atom. The van der Waals surface area contributed by atoms with Gasteiger partial charge in [0.1, 0.15) is 5.76 Å². The lowest BCUT2D eigenvalue weighted by atomic mass is 10.3. The Morgan fingerprint density at radius 2 is 1.81 bits per heavy atom. The Hall–Kier alpha value is -0.260. The fourth-order valence-electron chi connectivity index (χ4n) is 1.27. The van der Waals surface area contributed by atoms with E-state index >= 15 is 0 Å². The van der Waals surface area contributed by atoms with Gasteiger partial charge in [-0.15, -0.1) is 0 Å². The SMILES string of the molecule is Brc1ccccc1NCc1cc(Br)c(Br)o1. The number of hydrogen-bond donors (Lipinski definition) is 1. The Kier molecular flexibility index (Phi) is 4.10. The van der Waals surface area contributed by atoms with E-state index in [0.29, 0.717) is 6.54 Å². The van der Waals surface area contributed by atoms with Gasteiger partial charge in [-0.3, -0.25) is 0 Å². The van der Waals surface area contributed by atoms with E-state index in [0.717, 1.165) is 25.1 Å². The quantitative estimate of drug-likeness (QED) is 0.755. The molecule has 0 atom stereocenters. The molecule has 0 radical (unpaired) electrons. The molecule has 5 heteroatoms. The van der Waals surface area contributed by atoms with Crippen LogP contribution in [0.2, 0.25) is 0 Å². The summed E-state index contributed by atoms with van der Waals surface area (Å²) in [5, 5.41) is 3.29. The minimum absolute atomic E-state index is 0.646. The fraction of sp³-hybridized carbons (Fsp3) is 0.0909. The molecule has 0 aliphatic carbocycles. The molecule has 2 rings (SSSR count). The zero-order chi connectivity index (χ0) is 11.5. The van der Waals surface area contributed by atoms with E-state index in [-0.39, 0.29) is 0 Å². The highest BCUT2D eigenvalue weighted by Crippen LogP contribution is 2.28. The average molecular weight is 410 g/mol. The zero-order valence-corrected chi connectivity index (χ0v) is 12.9. The van der Waals surface area contributed by atoms with E-state index < -0.39 is 0 Å². The predicted octanol–water partition coefficient (Wildman–Crippen LogP) is 5.18. The summed E-state index contributed by atoms with van der Waals surface area (Å²) in [4.78, 5) is 0. The maximum atomic E-state index is 5.47. The highest BCUT2D eigenvalue weighted by Gasteiger charge is 2.06. The molecule has 0 bridgehead atoms. The number of para-hydroxylation sites is 1. The van der Waals surface area contributed by atoms with Crippen LogP contribution in [0.1, 0.15) is 5.76 Å². The molecule has 1 aromatic heterocycles. The number of rotatable bonds is 3. The normalized spacial score (nSPS) is 10.4. The van der Waals surface area contributed by atoms with Crippen LogP contribution in [0, 0.1) is 0 Å². The molecule has 1 N–H and O–H groups in total. The summed E-state index contributed by atoms with van der Waals surface area (Å²) in [5.41, 5.74) is 1.05. The maximum absolute atomic E-state index is 5.47. The summed E-state index contributed by atoms with van der Waals surface area (Å²) in [5.74, 6) is 0.870. The minimum Gasteiger partial charge on any atom is -0.451 e. The fourth-order valence-corrected chi connectivity index (χ4v) is 2.35. The van der Waals surface area contributed by atoms with Gasteiger partial charge in [0.2, 0.25) is 0 Å². The molecule has 1 aromatic carbocycles. The summed E-state index contributed by atoms with van der Waals surface area (Å²) in [6.07, 6.45) is 0. The van der Waals surface area contributed by atoms with E-state index in [1.165, 1.54) is 0 Å². The molecule has 0 aliphatic heterocycles. The molecule has 2 nitrogen and oxygen atoms in total. The van der Waals surface area contributed by atoms with Gasteiger partial charge in [-0.25, -0.2) is 0 Å². The lowest BCUT2D eigenvalue weighted by molar-refractivity contribution is 0.494. The highest BCUT2D eigenvalue weighted by atomic mass is 79.9. The average Bonchev–Trinajstić information content (AvgIpc) is 2.57. The van der Waals surface area contributed by atoms with Crippen molar-refractivity contribution in [2.45, 2.75) is 6.54 Å². The third-order valence-corrected chi connectivity index (χ3v) is 4.42. The van der Waals surface area contributed by atoms with Gasteiger partial charge in [-0.05, 0) is 66.0 Å². The largest absolute Gasteiger partial charge is 0.451 e. The van der Waals surface area contributed by atoms with Gasteiger partial charge in [-0.2, -0.15) is 0 Å². The van der Waals surface area contributed by atoms with E-state index in [1.807, 2.05) is 30.3 Å². The number of halogens is 3. The molecule has 2 aromatic rings. The molecule has 0 saturated heterocycles. The molecule has 1 heterocycles. The van der Waals surface area contributed by atoms with Crippen LogP contribution < -0.4 is 5.32 Å². The molecular formula is C11H8Br3NO. The predicted molar refractivity (Wildman–Crippen MR) is 75.6 cm³/mol. The number of nitrogens with one attached hydrogen (secondary N) is 1. The van der Waals surface area contributed by atoms with Crippen molar-refractivity contribution in [2.24, 2.45) is 0 Å². The molecule has 16 heavy (non-hydrogen) atoms. The van der Waals surface area contributed by atoms with Crippen LogP contribution in [0.15, 0.2) is 48.4 Å². The van der Waals surface area contributed by atoms with Crippen LogP contribution in [-0.4, -0.2) is 0 Å². The van der Waals surface area contributed by atoms with E-state index in [4.69, 9.17) is 4.42 Å². The van der Waals surface area contributed by atoms with Crippen molar-refractivity contribution in [2.75, 3.05) is 5.32 Å². The van der Waals surface area contributed by atoms with E-state index in [9.17, 15) is 0 Å². The van der Waals surface area contributed by atoms with Crippen molar-refractivity contribution < 1.29 is 4.42 Å². The zero-order valence-electron chi connectivity index (χ0n) is 8.14. The number of furan rings is 1. The Morgan fingerprint density at radius 1 is 1.06 bits per heavy atom. The van der Waals surface area contributed by atoms with E-state index in [2.05, 4.69) is 53.1 Å². The third-order valence-electron chi connectivity index (χ3n) is 2.02. The van der Waals surface area contributed by atoms with Crippen molar-refractivity contribution in [1.82, 2.24) is 0 Å². The van der Waals surface area contributed by atoms with Gasteiger partial charge in [0.05, 0.1) is 11.0 Å². The smallest absolute Gasteiger partial charge is 0.183 e. The van der Waals surface area contributed by atoms with Crippen molar-refractivity contribution in [3.05, 3.63) is 49.7 Å². The minimum atomic E-state index is 0.646. The summed E-state index contributed by atoms with van der Waals surface area (Å²) < 4.78 is 8.16. The van der Waals surface area contributed by atoms with Crippen LogP contribution in [0.4, 0.5) is 5.69 Å². The van der Waals surface area contributed by atoms with Gasteiger partial charge in [-0.1, -0.05) is 12.1 Å². The second-order valence-electron chi connectivity index (χ2n) is 3.17. The molecule has 0 amide bonds. The Bertz CT molecular complexity index is 476. The van der Waals surface area contributed by atoms with Crippen LogP contribution in [-0.2, 0) is 6.54 Å². The summed E-state index contributed by atoms with van der Waals surface area (Å²) in [6.45, 7) is 0.646. The van der Waals surface area contributed by atoms with Crippen molar-refractivity contribution in [3.8, 4) is 0 Å². The lowest BCUT2D eigenvalue weighted by Gasteiger charge is -2.05. The van der Waals surface area contributed by atoms with E-state index in [1.54, 1.807) is 0 Å². The van der Waals surface area contributed by atoms with Gasteiger partial charge < -0.3 is 9.73 Å². The van der Waals surface area contributed by atoms with Crippen LogP contribution >= 0.6 is 47.8 Å². The second kappa shape index (κ2) is 5.38. The molecule has 0 spiro atoms. The first-order valence-electron chi connectivity index (χ1n) is 4.59. The second-order valence-corrected chi connectivity index (χ2v) is 5.60. The van der Waals surface area contributed by atoms with Gasteiger partial charge in [0.25, 0.3) is 0 Å². The van der Waals surface area contributed by atoms with Crippen molar-refractivity contribution >= 4 is 53.5 Å². The molecule has 0 fully saturated rings. The molecular weight excluding hydrogens is 402 g/mol. The molecule has 0 aliphatic rings. The number of hydrogen-bond acceptors (Lipinski definition) is 2. The number of benzene rings is 1. The summed E-state index contributed by atoms with van der Waals surface area (Å²) >= 11 is 10.2. The summed E-state index contributed by atoms with van der Waals surface area (Å²) in [7, 11) is 0. The number of anilines is 1. The maximum Gasteiger partial charge on any atom is 0.183 e. The lowest BCUT2D eigenvalue weighted by Crippen LogP contribution is -1.98. The first-order chi connectivity index (χ1) is 7.66. The van der Waals surface area contributed by atoms with Crippen LogP contribution in [0.5, 0.6) is 0 Å². The van der Waals surface area contributed by atoms with Crippen LogP contribution in [0.25, 0.3) is 0 Å². The third kappa shape index (κ3) is 2.90. The monoisotopic (exact) mass is 407 g/mol. The van der Waals surface area contributed by atoms with Gasteiger partial charge in [0, 0.05) is 10.2 Å². The topological polar surface area (TPSA) is 25.2 Å². The standard InChI is InChI=1S/C11H8Br3NO/c12-8-3-1-2-4-10(8)15-6-7-5-9(13)11(14)16-7/h1-5,15H,6H2. The van der Waals surface area contributed by atoms with Gasteiger partial charge >= 0.3 is 0 Å². The Labute approximate surface area is 119 Å². The van der Waals surface area contributed by atoms with Crippen LogP contribution in [0.3, 0.4) is 0 Å². The van der Waals surface area contributed by atoms with Gasteiger partial charge in [0.15, 0.2) is 4.67 Å².